The van der Waals surface area contributed by atoms with E-state index in [0.29, 0.717) is 11.8 Å². The minimum absolute atomic E-state index is 0.405. The van der Waals surface area contributed by atoms with Crippen LogP contribution in [-0.2, 0) is 0 Å². The highest BCUT2D eigenvalue weighted by atomic mass is 32.1. The second kappa shape index (κ2) is 2.83. The van der Waals surface area contributed by atoms with Crippen molar-refractivity contribution in [3.63, 3.8) is 0 Å². The maximum absolute atomic E-state index is 9.12. The summed E-state index contributed by atoms with van der Waals surface area (Å²) >= 11 is 1.74. The summed E-state index contributed by atoms with van der Waals surface area (Å²) in [6.45, 7) is 0. The number of nitrogens with zero attached hydrogens (tertiary/aromatic N) is 1. The molecule has 3 rings (SSSR count). The van der Waals surface area contributed by atoms with Gasteiger partial charge in [-0.2, -0.15) is 5.26 Å². The van der Waals surface area contributed by atoms with Crippen molar-refractivity contribution in [1.29, 1.82) is 5.26 Å². The number of thiophene rings is 1. The van der Waals surface area contributed by atoms with Gasteiger partial charge in [-0.05, 0) is 23.4 Å². The first kappa shape index (κ1) is 8.02. The third kappa shape index (κ3) is 0.935. The number of fused-ring (bicyclic) bond motifs is 2. The van der Waals surface area contributed by atoms with Crippen LogP contribution in [0, 0.1) is 23.2 Å². The molecule has 0 radical (unpaired) electrons. The lowest BCUT2D eigenvalue weighted by Gasteiger charge is -2.09. The van der Waals surface area contributed by atoms with E-state index in [2.05, 4.69) is 35.7 Å². The van der Waals surface area contributed by atoms with Crippen LogP contribution in [0.1, 0.15) is 11.3 Å². The lowest BCUT2D eigenvalue weighted by molar-refractivity contribution is 0.728. The van der Waals surface area contributed by atoms with Crippen LogP contribution in [0.15, 0.2) is 35.2 Å². The Morgan fingerprint density at radius 3 is 2.93 bits per heavy atom. The van der Waals surface area contributed by atoms with Crippen molar-refractivity contribution < 1.29 is 0 Å². The molecule has 0 aromatic carbocycles. The zero-order chi connectivity index (χ0) is 9.54. The molecule has 0 spiro atoms. The Hall–Kier alpha value is -1.33. The maximum Gasteiger partial charge on any atom is 0.0957 e. The first-order valence-electron chi connectivity index (χ1n) is 4.76. The topological polar surface area (TPSA) is 23.8 Å². The molecule has 0 saturated heterocycles. The number of rotatable bonds is 1. The average molecular weight is 199 g/mol. The minimum atomic E-state index is 0.405. The molecule has 2 unspecified atom stereocenters. The molecule has 0 amide bonds. The van der Waals surface area contributed by atoms with Gasteiger partial charge < -0.3 is 0 Å². The zero-order valence-corrected chi connectivity index (χ0v) is 8.42. The van der Waals surface area contributed by atoms with Crippen LogP contribution >= 0.6 is 11.3 Å². The first-order valence-corrected chi connectivity index (χ1v) is 5.64. The van der Waals surface area contributed by atoms with Crippen LogP contribution in [0.3, 0.4) is 0 Å². The van der Waals surface area contributed by atoms with E-state index in [4.69, 9.17) is 5.26 Å². The van der Waals surface area contributed by atoms with Gasteiger partial charge in [-0.1, -0.05) is 18.2 Å². The second-order valence-electron chi connectivity index (χ2n) is 3.75. The summed E-state index contributed by atoms with van der Waals surface area (Å²) in [4.78, 5) is 1.28. The largest absolute Gasteiger partial charge is 0.193 e. The van der Waals surface area contributed by atoms with E-state index in [9.17, 15) is 0 Å². The summed E-state index contributed by atoms with van der Waals surface area (Å²) in [5.74, 6) is 0.912. The molecule has 1 heterocycles. The summed E-state index contributed by atoms with van der Waals surface area (Å²) in [5, 5.41) is 11.2. The van der Waals surface area contributed by atoms with Crippen molar-refractivity contribution in [1.82, 2.24) is 0 Å². The van der Waals surface area contributed by atoms with Crippen molar-refractivity contribution in [3.8, 4) is 6.07 Å². The van der Waals surface area contributed by atoms with Crippen molar-refractivity contribution in [2.75, 3.05) is 0 Å². The summed E-state index contributed by atoms with van der Waals surface area (Å²) < 4.78 is 0. The van der Waals surface area contributed by atoms with Gasteiger partial charge >= 0.3 is 0 Å². The average Bonchev–Trinajstić information content (AvgIpc) is 2.92. The van der Waals surface area contributed by atoms with Crippen LogP contribution in [0.2, 0.25) is 0 Å². The van der Waals surface area contributed by atoms with Crippen LogP contribution in [0.5, 0.6) is 0 Å². The Kier molecular flexibility index (Phi) is 1.62. The normalized spacial score (nSPS) is 28.5. The van der Waals surface area contributed by atoms with Crippen LogP contribution in [0.4, 0.5) is 0 Å². The fraction of sp³-hybridized carbons (Fsp3) is 0.250. The third-order valence-corrected chi connectivity index (χ3v) is 3.93. The van der Waals surface area contributed by atoms with Gasteiger partial charge in [-0.15, -0.1) is 11.3 Å². The molecule has 14 heavy (non-hydrogen) atoms. The molecule has 0 fully saturated rings. The molecule has 2 heteroatoms. The fourth-order valence-corrected chi connectivity index (χ4v) is 3.27. The Morgan fingerprint density at radius 2 is 2.21 bits per heavy atom. The predicted octanol–water partition coefficient (Wildman–Crippen LogP) is 3.23. The van der Waals surface area contributed by atoms with Gasteiger partial charge in [0.25, 0.3) is 0 Å². The first-order chi connectivity index (χ1) is 6.90. The third-order valence-electron chi connectivity index (χ3n) is 3.02. The smallest absolute Gasteiger partial charge is 0.0957 e. The van der Waals surface area contributed by atoms with Crippen molar-refractivity contribution in [2.24, 2.45) is 11.8 Å². The molecule has 1 nitrogen and oxygen atoms in total. The number of nitriles is 1. The molecule has 2 atom stereocenters. The highest BCUT2D eigenvalue weighted by Crippen LogP contribution is 2.48. The van der Waals surface area contributed by atoms with Gasteiger partial charge in [0.15, 0.2) is 0 Å². The molecule has 2 aliphatic carbocycles. The Bertz CT molecular complexity index is 459. The Morgan fingerprint density at radius 1 is 1.36 bits per heavy atom. The molecule has 0 aliphatic heterocycles. The molecule has 0 saturated carbocycles. The number of allylic oxidation sites excluding steroid dienone is 4. The Balaban J connectivity index is 2.15. The summed E-state index contributed by atoms with van der Waals surface area (Å²) in [7, 11) is 0. The zero-order valence-electron chi connectivity index (χ0n) is 7.60. The quantitative estimate of drug-likeness (QED) is 0.637. The summed E-state index contributed by atoms with van der Waals surface area (Å²) in [6, 6.07) is 6.54. The molecular weight excluding hydrogens is 190 g/mol. The van der Waals surface area contributed by atoms with E-state index < -0.39 is 0 Å². The molecular formula is C12H9NS. The molecule has 68 valence electrons. The molecule has 0 N–H and O–H groups in total. The van der Waals surface area contributed by atoms with Gasteiger partial charge in [0.1, 0.15) is 0 Å². The maximum atomic E-state index is 9.12. The van der Waals surface area contributed by atoms with E-state index in [1.807, 2.05) is 0 Å². The van der Waals surface area contributed by atoms with E-state index in [0.717, 1.165) is 12.0 Å². The molecule has 2 aliphatic rings. The van der Waals surface area contributed by atoms with E-state index in [1.54, 1.807) is 11.3 Å². The fourth-order valence-electron chi connectivity index (χ4n) is 2.42. The van der Waals surface area contributed by atoms with Crippen molar-refractivity contribution in [3.05, 3.63) is 40.1 Å². The van der Waals surface area contributed by atoms with Gasteiger partial charge in [0.2, 0.25) is 0 Å². The van der Waals surface area contributed by atoms with Crippen LogP contribution < -0.4 is 0 Å². The second-order valence-corrected chi connectivity index (χ2v) is 4.70. The number of hydrogen-bond acceptors (Lipinski definition) is 2. The van der Waals surface area contributed by atoms with Crippen molar-refractivity contribution in [2.45, 2.75) is 6.42 Å². The van der Waals surface area contributed by atoms with Crippen LogP contribution in [-0.4, -0.2) is 0 Å². The predicted molar refractivity (Wildman–Crippen MR) is 57.6 cm³/mol. The monoisotopic (exact) mass is 199 g/mol. The summed E-state index contributed by atoms with van der Waals surface area (Å²) in [6.07, 6.45) is 5.55. The van der Waals surface area contributed by atoms with E-state index in [-0.39, 0.29) is 0 Å². The standard InChI is InChI=1S/C12H9NS/c13-7-10-8-3-4-9(6-8)12(10)11-2-1-5-14-11/h1-5,8-9H,6H2. The lowest BCUT2D eigenvalue weighted by atomic mass is 9.97. The van der Waals surface area contributed by atoms with Crippen LogP contribution in [0.25, 0.3) is 5.57 Å². The van der Waals surface area contributed by atoms with Crippen molar-refractivity contribution >= 4 is 16.9 Å². The highest BCUT2D eigenvalue weighted by Gasteiger charge is 2.36. The SMILES string of the molecule is N#CC1=C(c2cccs2)C2C=CC1C2. The van der Waals surface area contributed by atoms with E-state index in [1.165, 1.54) is 10.5 Å². The summed E-state index contributed by atoms with van der Waals surface area (Å²) in [5.41, 5.74) is 2.29. The number of hydrogen-bond donors (Lipinski definition) is 0. The lowest BCUT2D eigenvalue weighted by Crippen LogP contribution is -1.94. The van der Waals surface area contributed by atoms with Gasteiger partial charge in [0.05, 0.1) is 6.07 Å². The van der Waals surface area contributed by atoms with Gasteiger partial charge in [-0.25, -0.2) is 0 Å². The minimum Gasteiger partial charge on any atom is -0.193 e. The molecule has 2 bridgehead atoms. The molecule has 1 aromatic rings. The molecule has 1 aromatic heterocycles. The Labute approximate surface area is 87.0 Å². The highest BCUT2D eigenvalue weighted by molar-refractivity contribution is 7.11. The van der Waals surface area contributed by atoms with Gasteiger partial charge in [-0.3, -0.25) is 0 Å². The van der Waals surface area contributed by atoms with E-state index >= 15 is 0 Å². The van der Waals surface area contributed by atoms with Gasteiger partial charge in [0, 0.05) is 22.3 Å².